The SMILES string of the molecule is CC(C)(C)c1cc2c3c(c1)-n1c4c(cc(C(C)(C)C)cc4c4oc5ccccc5c41)B3c1ccc(N3c4ccc(C(C)(C)C)cc4C4(C)CCCCC34C)cc1N2c1cccc2c1sc1ccccc12. The molecule has 0 saturated heterocycles. The van der Waals surface area contributed by atoms with Crippen LogP contribution in [0, 0.1) is 0 Å². The average Bonchev–Trinajstić information content (AvgIpc) is 4.04. The Hall–Kier alpha value is -6.24. The van der Waals surface area contributed by atoms with Crippen LogP contribution >= 0.6 is 11.3 Å². The van der Waals surface area contributed by atoms with Crippen LogP contribution in [0.4, 0.5) is 28.4 Å². The van der Waals surface area contributed by atoms with Gasteiger partial charge in [0.15, 0.2) is 5.58 Å². The van der Waals surface area contributed by atoms with Crippen molar-refractivity contribution >= 4 is 116 Å². The molecule has 3 aliphatic heterocycles. The number of hydrogen-bond acceptors (Lipinski definition) is 4. The Labute approximate surface area is 417 Å². The van der Waals surface area contributed by atoms with Crippen LogP contribution in [-0.2, 0) is 21.7 Å². The lowest BCUT2D eigenvalue weighted by Gasteiger charge is -2.50. The van der Waals surface area contributed by atoms with Gasteiger partial charge in [-0.15, -0.1) is 11.3 Å². The third-order valence-electron chi connectivity index (χ3n) is 17.8. The standard InChI is InChI=1S/C64H62BN3OS/c1-60(2,3)37-25-28-48-45(32-37)63(10)29-16-17-30-64(63,11)68(48)40-26-27-46-50(36-40)66(49-22-18-21-42-41-19-13-15-24-54(41)70-59(42)49)51-34-39(62(7,8)9)35-52-55(51)65(46)47-33-38(61(4,5)6)31-44-56(47)67(52)57-43-20-12-14-23-53(43)69-58(44)57/h12-15,18-28,31-36H,16-17,29-30H2,1-11H3. The van der Waals surface area contributed by atoms with E-state index in [9.17, 15) is 0 Å². The maximum atomic E-state index is 7.02. The molecule has 6 heteroatoms. The number of fused-ring (bicyclic) bond motifs is 15. The summed E-state index contributed by atoms with van der Waals surface area (Å²) in [5.41, 5.74) is 21.4. The van der Waals surface area contributed by atoms with E-state index in [1.807, 2.05) is 11.3 Å². The van der Waals surface area contributed by atoms with Crippen LogP contribution in [0.3, 0.4) is 0 Å². The summed E-state index contributed by atoms with van der Waals surface area (Å²) < 4.78 is 12.3. The number of nitrogens with zero attached hydrogens (tertiary/aromatic N) is 3. The molecule has 14 rings (SSSR count). The van der Waals surface area contributed by atoms with Gasteiger partial charge in [-0.25, -0.2) is 0 Å². The van der Waals surface area contributed by atoms with E-state index in [1.165, 1.54) is 123 Å². The van der Waals surface area contributed by atoms with Crippen molar-refractivity contribution in [3.8, 4) is 5.69 Å². The number of rotatable bonds is 2. The van der Waals surface area contributed by atoms with E-state index in [4.69, 9.17) is 4.42 Å². The van der Waals surface area contributed by atoms with E-state index in [1.54, 1.807) is 0 Å². The Kier molecular flexibility index (Phi) is 8.40. The molecule has 1 saturated carbocycles. The van der Waals surface area contributed by atoms with Crippen LogP contribution in [0.15, 0.2) is 132 Å². The van der Waals surface area contributed by atoms with Crippen LogP contribution in [0.2, 0.25) is 0 Å². The van der Waals surface area contributed by atoms with Gasteiger partial charge in [0, 0.05) is 60.1 Å². The summed E-state index contributed by atoms with van der Waals surface area (Å²) in [5, 5.41) is 4.98. The van der Waals surface area contributed by atoms with Gasteiger partial charge in [-0.1, -0.05) is 149 Å². The van der Waals surface area contributed by atoms with E-state index in [2.05, 4.69) is 218 Å². The second-order valence-corrected chi connectivity index (χ2v) is 25.9. The molecule has 1 aliphatic carbocycles. The average molecular weight is 932 g/mol. The number of thiophene rings is 1. The smallest absolute Gasteiger partial charge is 0.252 e. The highest BCUT2D eigenvalue weighted by Gasteiger charge is 2.58. The molecule has 0 bridgehead atoms. The van der Waals surface area contributed by atoms with Gasteiger partial charge in [-0.05, 0) is 135 Å². The van der Waals surface area contributed by atoms with Crippen LogP contribution in [0.1, 0.15) is 124 Å². The van der Waals surface area contributed by atoms with E-state index in [-0.39, 0.29) is 33.9 Å². The zero-order valence-corrected chi connectivity index (χ0v) is 43.5. The summed E-state index contributed by atoms with van der Waals surface area (Å²) in [6, 6.07) is 49.9. The molecule has 0 spiro atoms. The minimum absolute atomic E-state index is 0.0120. The topological polar surface area (TPSA) is 24.6 Å². The van der Waals surface area contributed by atoms with Crippen molar-refractivity contribution in [3.05, 3.63) is 150 Å². The van der Waals surface area contributed by atoms with Crippen molar-refractivity contribution in [1.29, 1.82) is 0 Å². The lowest BCUT2D eigenvalue weighted by Crippen LogP contribution is -2.61. The summed E-state index contributed by atoms with van der Waals surface area (Å²) in [6.07, 6.45) is 4.84. The minimum Gasteiger partial charge on any atom is -0.454 e. The zero-order chi connectivity index (χ0) is 48.2. The third kappa shape index (κ3) is 5.49. The number of benzene rings is 7. The maximum absolute atomic E-state index is 7.02. The quantitative estimate of drug-likeness (QED) is 0.161. The lowest BCUT2D eigenvalue weighted by atomic mass is 9.33. The van der Waals surface area contributed by atoms with E-state index >= 15 is 0 Å². The van der Waals surface area contributed by atoms with Crippen molar-refractivity contribution in [2.75, 3.05) is 9.80 Å². The molecule has 4 aliphatic rings. The Morgan fingerprint density at radius 1 is 0.543 bits per heavy atom. The molecule has 7 aromatic carbocycles. The van der Waals surface area contributed by atoms with Gasteiger partial charge in [0.05, 0.1) is 21.4 Å². The number of hydrogen-bond donors (Lipinski definition) is 0. The molecular weight excluding hydrogens is 870 g/mol. The van der Waals surface area contributed by atoms with Gasteiger partial charge < -0.3 is 18.8 Å². The molecule has 4 nitrogen and oxygen atoms in total. The Balaban J connectivity index is 1.13. The second-order valence-electron chi connectivity index (χ2n) is 24.9. The largest absolute Gasteiger partial charge is 0.454 e. The highest BCUT2D eigenvalue weighted by atomic mass is 32.1. The Morgan fingerprint density at radius 3 is 2.03 bits per heavy atom. The third-order valence-corrected chi connectivity index (χ3v) is 19.0. The van der Waals surface area contributed by atoms with Gasteiger partial charge in [0.25, 0.3) is 6.71 Å². The fourth-order valence-corrected chi connectivity index (χ4v) is 14.9. The molecular formula is C64H62BN3OS. The summed E-state index contributed by atoms with van der Waals surface area (Å²) in [4.78, 5) is 5.50. The van der Waals surface area contributed by atoms with E-state index in [0.29, 0.717) is 0 Å². The minimum atomic E-state index is -0.135. The predicted octanol–water partition coefficient (Wildman–Crippen LogP) is 16.1. The first-order valence-corrected chi connectivity index (χ1v) is 26.7. The zero-order valence-electron chi connectivity index (χ0n) is 42.7. The highest BCUT2D eigenvalue weighted by Crippen LogP contribution is 2.62. The fourth-order valence-electron chi connectivity index (χ4n) is 13.7. The number of aromatic nitrogens is 1. The molecule has 2 atom stereocenters. The van der Waals surface area contributed by atoms with Gasteiger partial charge >= 0.3 is 0 Å². The van der Waals surface area contributed by atoms with E-state index < -0.39 is 0 Å². The summed E-state index contributed by atoms with van der Waals surface area (Å²) in [5.74, 6) is 0. The predicted molar refractivity (Wildman–Crippen MR) is 302 cm³/mol. The van der Waals surface area contributed by atoms with Gasteiger partial charge in [-0.2, -0.15) is 0 Å². The molecule has 70 heavy (non-hydrogen) atoms. The van der Waals surface area contributed by atoms with Crippen molar-refractivity contribution in [1.82, 2.24) is 4.57 Å². The molecule has 0 N–H and O–H groups in total. The first-order chi connectivity index (χ1) is 33.3. The molecule has 3 aromatic heterocycles. The van der Waals surface area contributed by atoms with Crippen molar-refractivity contribution in [3.63, 3.8) is 0 Å². The van der Waals surface area contributed by atoms with Crippen molar-refractivity contribution in [2.45, 2.75) is 129 Å². The van der Waals surface area contributed by atoms with Crippen LogP contribution < -0.4 is 26.2 Å². The Morgan fingerprint density at radius 2 is 1.24 bits per heavy atom. The van der Waals surface area contributed by atoms with E-state index in [0.717, 1.165) is 28.5 Å². The van der Waals surface area contributed by atoms with Crippen LogP contribution in [0.25, 0.3) is 58.8 Å². The molecule has 6 heterocycles. The first kappa shape index (κ1) is 42.6. The molecule has 2 unspecified atom stereocenters. The van der Waals surface area contributed by atoms with Crippen LogP contribution in [-0.4, -0.2) is 16.8 Å². The second kappa shape index (κ2) is 13.8. The number of furan rings is 1. The molecule has 0 amide bonds. The summed E-state index contributed by atoms with van der Waals surface area (Å²) in [7, 11) is 0. The maximum Gasteiger partial charge on any atom is 0.252 e. The molecule has 1 fully saturated rings. The van der Waals surface area contributed by atoms with Crippen molar-refractivity contribution in [2.24, 2.45) is 0 Å². The number of para-hydroxylation sites is 1. The summed E-state index contributed by atoms with van der Waals surface area (Å²) in [6.45, 7) is 26.4. The normalized spacial score (nSPS) is 19.7. The molecule has 348 valence electrons. The summed E-state index contributed by atoms with van der Waals surface area (Å²) >= 11 is 1.93. The van der Waals surface area contributed by atoms with Gasteiger partial charge in [0.2, 0.25) is 0 Å². The molecule has 0 radical (unpaired) electrons. The number of anilines is 5. The van der Waals surface area contributed by atoms with Crippen molar-refractivity contribution < 1.29 is 4.42 Å². The molecule has 10 aromatic rings. The fraction of sp³-hybridized carbons (Fsp3) is 0.312. The van der Waals surface area contributed by atoms with Gasteiger partial charge in [0.1, 0.15) is 11.1 Å². The lowest BCUT2D eigenvalue weighted by molar-refractivity contribution is 0.195. The highest BCUT2D eigenvalue weighted by molar-refractivity contribution is 7.26. The first-order valence-electron chi connectivity index (χ1n) is 25.8. The van der Waals surface area contributed by atoms with Crippen LogP contribution in [0.5, 0.6) is 0 Å². The Bertz CT molecular complexity index is 3920. The monoisotopic (exact) mass is 931 g/mol. The van der Waals surface area contributed by atoms with Gasteiger partial charge in [-0.3, -0.25) is 0 Å².